The molecule has 0 unspecified atom stereocenters. The molecule has 1 aliphatic rings. The van der Waals surface area contributed by atoms with Crippen LogP contribution in [0, 0.1) is 0 Å². The molecule has 0 radical (unpaired) electrons. The van der Waals surface area contributed by atoms with E-state index in [9.17, 15) is 4.79 Å². The Bertz CT molecular complexity index is 454. The van der Waals surface area contributed by atoms with Gasteiger partial charge in [0.25, 0.3) is 0 Å². The number of nitrogen functional groups attached to an aromatic ring is 1. The van der Waals surface area contributed by atoms with E-state index in [-0.39, 0.29) is 12.4 Å². The number of piperazine rings is 1. The van der Waals surface area contributed by atoms with Gasteiger partial charge < -0.3 is 15.7 Å². The number of carbonyl (C=O) groups excluding carboxylic acids is 1. The van der Waals surface area contributed by atoms with Gasteiger partial charge in [0.2, 0.25) is 0 Å². The van der Waals surface area contributed by atoms with Gasteiger partial charge in [0, 0.05) is 49.7 Å². The number of nitrogens with two attached hydrogens (primary N) is 1. The topological polar surface area (TPSA) is 69.8 Å². The van der Waals surface area contributed by atoms with E-state index < -0.39 is 0 Å². The summed E-state index contributed by atoms with van der Waals surface area (Å²) >= 11 is 0. The molecule has 0 aliphatic carbocycles. The molecule has 1 fully saturated rings. The van der Waals surface area contributed by atoms with Gasteiger partial charge in [0.15, 0.2) is 5.78 Å². The predicted octanol–water partition coefficient (Wildman–Crippen LogP) is 0.586. The number of ketones is 1. The van der Waals surface area contributed by atoms with E-state index in [1.165, 1.54) is 6.92 Å². The Labute approximate surface area is 113 Å². The molecule has 1 aromatic carbocycles. The first-order chi connectivity index (χ1) is 9.11. The average Bonchev–Trinajstić information content (AvgIpc) is 2.39. The van der Waals surface area contributed by atoms with Gasteiger partial charge in [-0.05, 0) is 25.1 Å². The third kappa shape index (κ3) is 3.24. The van der Waals surface area contributed by atoms with Crippen LogP contribution in [0.2, 0.25) is 0 Å². The normalized spacial score (nSPS) is 16.6. The lowest BCUT2D eigenvalue weighted by molar-refractivity contribution is 0.101. The number of benzene rings is 1. The standard InChI is InChI=1S/C14H21N3O2/c1-11(19)13-3-2-12(10-14(13)15)17-6-4-16(5-7-17)8-9-18/h2-3,10,18H,4-9,15H2,1H3. The first kappa shape index (κ1) is 13.8. The minimum Gasteiger partial charge on any atom is -0.398 e. The zero-order valence-corrected chi connectivity index (χ0v) is 11.3. The molecule has 5 heteroatoms. The second-order valence-electron chi connectivity index (χ2n) is 4.88. The number of carbonyl (C=O) groups is 1. The summed E-state index contributed by atoms with van der Waals surface area (Å²) in [6.07, 6.45) is 0. The predicted molar refractivity (Wildman–Crippen MR) is 76.6 cm³/mol. The number of anilines is 2. The number of β-amino-alcohol motifs (C(OH)–C–C–N with tert-alkyl or cyclic N) is 1. The molecule has 3 N–H and O–H groups in total. The maximum atomic E-state index is 11.3. The molecule has 104 valence electrons. The van der Waals surface area contributed by atoms with E-state index in [1.807, 2.05) is 12.1 Å². The van der Waals surface area contributed by atoms with Gasteiger partial charge in [-0.2, -0.15) is 0 Å². The maximum Gasteiger partial charge on any atom is 0.161 e. The van der Waals surface area contributed by atoms with Gasteiger partial charge in [0.05, 0.1) is 6.61 Å². The molecule has 1 heterocycles. The molecule has 0 saturated carbocycles. The van der Waals surface area contributed by atoms with Gasteiger partial charge in [-0.3, -0.25) is 9.69 Å². The summed E-state index contributed by atoms with van der Waals surface area (Å²) in [5, 5.41) is 8.92. The van der Waals surface area contributed by atoms with Crippen LogP contribution in [-0.4, -0.2) is 55.1 Å². The number of nitrogens with zero attached hydrogens (tertiary/aromatic N) is 2. The van der Waals surface area contributed by atoms with Crippen LogP contribution in [0.3, 0.4) is 0 Å². The van der Waals surface area contributed by atoms with Gasteiger partial charge in [-0.25, -0.2) is 0 Å². The van der Waals surface area contributed by atoms with Gasteiger partial charge >= 0.3 is 0 Å². The quantitative estimate of drug-likeness (QED) is 0.614. The first-order valence-electron chi connectivity index (χ1n) is 6.60. The van der Waals surface area contributed by atoms with Crippen molar-refractivity contribution < 1.29 is 9.90 Å². The third-order valence-electron chi connectivity index (χ3n) is 3.57. The van der Waals surface area contributed by atoms with Crippen LogP contribution in [0.25, 0.3) is 0 Å². The van der Waals surface area contributed by atoms with E-state index in [4.69, 9.17) is 10.8 Å². The molecule has 0 atom stereocenters. The number of Topliss-reactive ketones (excluding diaryl/α,β-unsaturated/α-hetero) is 1. The van der Waals surface area contributed by atoms with Crippen LogP contribution < -0.4 is 10.6 Å². The van der Waals surface area contributed by atoms with Crippen molar-refractivity contribution in [1.82, 2.24) is 4.90 Å². The first-order valence-corrected chi connectivity index (χ1v) is 6.60. The molecule has 0 spiro atoms. The highest BCUT2D eigenvalue weighted by molar-refractivity contribution is 5.99. The highest BCUT2D eigenvalue weighted by atomic mass is 16.3. The molecule has 2 rings (SSSR count). The zero-order chi connectivity index (χ0) is 13.8. The monoisotopic (exact) mass is 263 g/mol. The molecule has 1 aromatic rings. The maximum absolute atomic E-state index is 11.3. The van der Waals surface area contributed by atoms with Crippen LogP contribution in [0.4, 0.5) is 11.4 Å². The third-order valence-corrected chi connectivity index (χ3v) is 3.57. The van der Waals surface area contributed by atoms with Crippen LogP contribution in [0.15, 0.2) is 18.2 Å². The van der Waals surface area contributed by atoms with Crippen LogP contribution in [0.1, 0.15) is 17.3 Å². The largest absolute Gasteiger partial charge is 0.398 e. The molecule has 1 aliphatic heterocycles. The van der Waals surface area contributed by atoms with Crippen molar-refractivity contribution in [2.24, 2.45) is 0 Å². The van der Waals surface area contributed by atoms with Crippen molar-refractivity contribution in [1.29, 1.82) is 0 Å². The zero-order valence-electron chi connectivity index (χ0n) is 11.3. The molecule has 0 amide bonds. The highest BCUT2D eigenvalue weighted by Gasteiger charge is 2.17. The van der Waals surface area contributed by atoms with E-state index in [0.717, 1.165) is 38.4 Å². The number of aliphatic hydroxyl groups excluding tert-OH is 1. The SMILES string of the molecule is CC(=O)c1ccc(N2CCN(CCO)CC2)cc1N. The average molecular weight is 263 g/mol. The van der Waals surface area contributed by atoms with E-state index in [1.54, 1.807) is 6.07 Å². The summed E-state index contributed by atoms with van der Waals surface area (Å²) in [7, 11) is 0. The molecule has 0 aromatic heterocycles. The van der Waals surface area contributed by atoms with E-state index in [0.29, 0.717) is 11.3 Å². The van der Waals surface area contributed by atoms with Gasteiger partial charge in [-0.1, -0.05) is 0 Å². The Kier molecular flexibility index (Phi) is 4.39. The van der Waals surface area contributed by atoms with Crippen molar-refractivity contribution in [3.8, 4) is 0 Å². The van der Waals surface area contributed by atoms with Crippen molar-refractivity contribution in [3.63, 3.8) is 0 Å². The summed E-state index contributed by atoms with van der Waals surface area (Å²) in [4.78, 5) is 15.8. The van der Waals surface area contributed by atoms with Gasteiger partial charge in [-0.15, -0.1) is 0 Å². The number of hydrogen-bond acceptors (Lipinski definition) is 5. The van der Waals surface area contributed by atoms with Crippen LogP contribution >= 0.6 is 0 Å². The molecule has 5 nitrogen and oxygen atoms in total. The second-order valence-corrected chi connectivity index (χ2v) is 4.88. The lowest BCUT2D eigenvalue weighted by Gasteiger charge is -2.36. The molecule has 0 bridgehead atoms. The Morgan fingerprint density at radius 2 is 2.00 bits per heavy atom. The Hall–Kier alpha value is -1.59. The van der Waals surface area contributed by atoms with Gasteiger partial charge in [0.1, 0.15) is 0 Å². The minimum absolute atomic E-state index is 0.00295. The minimum atomic E-state index is -0.00295. The summed E-state index contributed by atoms with van der Waals surface area (Å²) in [5.41, 5.74) is 8.10. The fourth-order valence-corrected chi connectivity index (χ4v) is 2.44. The van der Waals surface area contributed by atoms with Crippen LogP contribution in [-0.2, 0) is 0 Å². The highest BCUT2D eigenvalue weighted by Crippen LogP contribution is 2.23. The molecule has 1 saturated heterocycles. The lowest BCUT2D eigenvalue weighted by Crippen LogP contribution is -2.47. The summed E-state index contributed by atoms with van der Waals surface area (Å²) < 4.78 is 0. The van der Waals surface area contributed by atoms with Crippen molar-refractivity contribution in [3.05, 3.63) is 23.8 Å². The molecular formula is C14H21N3O2. The molecule has 19 heavy (non-hydrogen) atoms. The Balaban J connectivity index is 2.04. The van der Waals surface area contributed by atoms with Crippen molar-refractivity contribution in [2.75, 3.05) is 50.0 Å². The smallest absolute Gasteiger partial charge is 0.161 e. The number of aliphatic hydroxyl groups is 1. The Morgan fingerprint density at radius 1 is 1.32 bits per heavy atom. The fourth-order valence-electron chi connectivity index (χ4n) is 2.44. The van der Waals surface area contributed by atoms with Crippen molar-refractivity contribution >= 4 is 17.2 Å². The van der Waals surface area contributed by atoms with E-state index >= 15 is 0 Å². The summed E-state index contributed by atoms with van der Waals surface area (Å²) in [5.74, 6) is -0.00295. The Morgan fingerprint density at radius 3 is 2.53 bits per heavy atom. The van der Waals surface area contributed by atoms with E-state index in [2.05, 4.69) is 9.80 Å². The lowest BCUT2D eigenvalue weighted by atomic mass is 10.1. The van der Waals surface area contributed by atoms with Crippen molar-refractivity contribution in [2.45, 2.75) is 6.92 Å². The number of rotatable bonds is 4. The second kappa shape index (κ2) is 6.04. The summed E-state index contributed by atoms with van der Waals surface area (Å²) in [6, 6.07) is 5.63. The number of hydrogen-bond donors (Lipinski definition) is 2. The van der Waals surface area contributed by atoms with Crippen LogP contribution in [0.5, 0.6) is 0 Å². The molecular weight excluding hydrogens is 242 g/mol. The fraction of sp³-hybridized carbons (Fsp3) is 0.500. The summed E-state index contributed by atoms with van der Waals surface area (Å²) in [6.45, 7) is 6.18.